The normalized spacial score (nSPS) is 25.7. The van der Waals surface area contributed by atoms with Crippen LogP contribution in [0, 0.1) is 0 Å². The van der Waals surface area contributed by atoms with Crippen LogP contribution in [0.1, 0.15) is 30.0 Å². The topological polar surface area (TPSA) is 80.3 Å². The number of aryl methyl sites for hydroxylation is 1. The first-order chi connectivity index (χ1) is 9.37. The molecule has 1 aromatic carbocycles. The predicted molar refractivity (Wildman–Crippen MR) is 76.6 cm³/mol. The number of hydrogen-bond acceptors (Lipinski definition) is 4. The van der Waals surface area contributed by atoms with Crippen molar-refractivity contribution in [2.45, 2.75) is 30.6 Å². The van der Waals surface area contributed by atoms with Crippen LogP contribution in [-0.4, -0.2) is 33.6 Å². The molecule has 1 N–H and O–H groups in total. The number of nitrogens with one attached hydrogen (secondary N) is 1. The number of rotatable bonds is 3. The molecule has 1 heterocycles. The summed E-state index contributed by atoms with van der Waals surface area (Å²) >= 11 is 0. The monoisotopic (exact) mass is 315 g/mol. The molecule has 0 bridgehead atoms. The van der Waals surface area contributed by atoms with Crippen LogP contribution in [0.3, 0.4) is 0 Å². The maximum absolute atomic E-state index is 12.2. The molecule has 3 rings (SSSR count). The minimum atomic E-state index is -3.57. The molecule has 1 fully saturated rings. The maximum Gasteiger partial charge on any atom is 0.217 e. The predicted octanol–water partition coefficient (Wildman–Crippen LogP) is 0.780. The summed E-state index contributed by atoms with van der Waals surface area (Å²) in [7, 11) is -6.70. The number of fused-ring (bicyclic) bond motifs is 1. The van der Waals surface area contributed by atoms with Crippen molar-refractivity contribution in [2.24, 2.45) is 0 Å². The third-order valence-corrected chi connectivity index (χ3v) is 8.06. The Hall–Kier alpha value is -0.920. The Balaban J connectivity index is 1.79. The second kappa shape index (κ2) is 4.82. The fourth-order valence-corrected chi connectivity index (χ4v) is 7.41. The highest BCUT2D eigenvalue weighted by Crippen LogP contribution is 2.31. The Kier molecular flexibility index (Phi) is 3.38. The molecule has 1 aromatic rings. The molecule has 0 spiro atoms. The van der Waals surface area contributed by atoms with Crippen LogP contribution >= 0.6 is 0 Å². The van der Waals surface area contributed by atoms with Gasteiger partial charge >= 0.3 is 0 Å². The molecule has 2 aliphatic rings. The summed E-state index contributed by atoms with van der Waals surface area (Å²) in [5, 5.41) is -0.790. The van der Waals surface area contributed by atoms with E-state index in [4.69, 9.17) is 0 Å². The summed E-state index contributed by atoms with van der Waals surface area (Å²) in [6.45, 7) is 0. The van der Waals surface area contributed by atoms with Crippen LogP contribution in [0.4, 0.5) is 0 Å². The Morgan fingerprint density at radius 1 is 1.15 bits per heavy atom. The highest BCUT2D eigenvalue weighted by atomic mass is 32.2. The molecule has 0 radical (unpaired) electrons. The second-order valence-corrected chi connectivity index (χ2v) is 9.65. The van der Waals surface area contributed by atoms with Crippen LogP contribution in [0.25, 0.3) is 0 Å². The fraction of sp³-hybridized carbons (Fsp3) is 0.538. The van der Waals surface area contributed by atoms with Gasteiger partial charge in [-0.25, -0.2) is 21.6 Å². The number of sulfonamides is 1. The van der Waals surface area contributed by atoms with Gasteiger partial charge in [0.25, 0.3) is 0 Å². The van der Waals surface area contributed by atoms with E-state index in [1.54, 1.807) is 0 Å². The Bertz CT molecular complexity index is 712. The third-order valence-electron chi connectivity index (χ3n) is 3.99. The minimum absolute atomic E-state index is 0.228. The summed E-state index contributed by atoms with van der Waals surface area (Å²) in [6.07, 6.45) is 2.66. The van der Waals surface area contributed by atoms with Gasteiger partial charge in [-0.05, 0) is 30.4 Å². The molecule has 1 aliphatic heterocycles. The molecular formula is C13H17NO4S2. The lowest BCUT2D eigenvalue weighted by Crippen LogP contribution is -2.51. The molecule has 5 nitrogen and oxygen atoms in total. The van der Waals surface area contributed by atoms with Crippen LogP contribution in [0.15, 0.2) is 24.3 Å². The smallest absolute Gasteiger partial charge is 0.217 e. The number of sulfone groups is 1. The first kappa shape index (κ1) is 14.0. The van der Waals surface area contributed by atoms with E-state index in [1.165, 1.54) is 5.56 Å². The molecular weight excluding hydrogens is 298 g/mol. The first-order valence-electron chi connectivity index (χ1n) is 6.67. The molecule has 20 heavy (non-hydrogen) atoms. The van der Waals surface area contributed by atoms with Crippen molar-refractivity contribution in [3.8, 4) is 0 Å². The van der Waals surface area contributed by atoms with Crippen LogP contribution < -0.4 is 4.72 Å². The van der Waals surface area contributed by atoms with E-state index >= 15 is 0 Å². The highest BCUT2D eigenvalue weighted by molar-refractivity contribution is 7.98. The zero-order chi connectivity index (χ0) is 14.4. The Morgan fingerprint density at radius 3 is 2.55 bits per heavy atom. The lowest BCUT2D eigenvalue weighted by molar-refractivity contribution is 0.499. The van der Waals surface area contributed by atoms with Gasteiger partial charge in [0.1, 0.15) is 5.25 Å². The van der Waals surface area contributed by atoms with Crippen molar-refractivity contribution in [1.82, 2.24) is 4.72 Å². The maximum atomic E-state index is 12.2. The average Bonchev–Trinajstić information content (AvgIpc) is 2.36. The summed E-state index contributed by atoms with van der Waals surface area (Å²) in [5.41, 5.74) is 2.19. The van der Waals surface area contributed by atoms with Crippen molar-refractivity contribution in [3.05, 3.63) is 35.4 Å². The van der Waals surface area contributed by atoms with Crippen molar-refractivity contribution >= 4 is 19.9 Å². The van der Waals surface area contributed by atoms with Gasteiger partial charge in [-0.3, -0.25) is 0 Å². The molecule has 1 saturated heterocycles. The second-order valence-electron chi connectivity index (χ2n) is 5.51. The van der Waals surface area contributed by atoms with Gasteiger partial charge in [0.2, 0.25) is 10.0 Å². The molecule has 0 saturated carbocycles. The molecule has 7 heteroatoms. The van der Waals surface area contributed by atoms with Gasteiger partial charge in [-0.2, -0.15) is 0 Å². The molecule has 0 aromatic heterocycles. The minimum Gasteiger partial charge on any atom is -0.229 e. The molecule has 1 aliphatic carbocycles. The zero-order valence-corrected chi connectivity index (χ0v) is 12.6. The van der Waals surface area contributed by atoms with E-state index in [1.807, 2.05) is 24.3 Å². The first-order valence-corrected chi connectivity index (χ1v) is 10.0. The molecule has 110 valence electrons. The van der Waals surface area contributed by atoms with Crippen molar-refractivity contribution in [2.75, 3.05) is 11.5 Å². The van der Waals surface area contributed by atoms with E-state index in [9.17, 15) is 16.8 Å². The van der Waals surface area contributed by atoms with Crippen molar-refractivity contribution in [1.29, 1.82) is 0 Å². The lowest BCUT2D eigenvalue weighted by atomic mass is 9.88. The van der Waals surface area contributed by atoms with Crippen LogP contribution in [-0.2, 0) is 26.3 Å². The van der Waals surface area contributed by atoms with Gasteiger partial charge in [0.05, 0.1) is 11.5 Å². The van der Waals surface area contributed by atoms with Crippen LogP contribution in [0.5, 0.6) is 0 Å². The highest BCUT2D eigenvalue weighted by Gasteiger charge is 2.43. The van der Waals surface area contributed by atoms with E-state index in [0.717, 1.165) is 24.8 Å². The fourth-order valence-electron chi connectivity index (χ4n) is 2.87. The quantitative estimate of drug-likeness (QED) is 0.894. The average molecular weight is 315 g/mol. The standard InChI is InChI=1S/C13H17NO4S2/c15-19(16)8-11(9-19)20(17,18)14-13-7-3-5-10-4-1-2-6-12(10)13/h1-2,4,6,11,13-14H,3,5,7-9H2. The van der Waals surface area contributed by atoms with Crippen molar-refractivity contribution in [3.63, 3.8) is 0 Å². The molecule has 1 unspecified atom stereocenters. The third kappa shape index (κ3) is 2.62. The summed E-state index contributed by atoms with van der Waals surface area (Å²) in [4.78, 5) is 0. The van der Waals surface area contributed by atoms with Gasteiger partial charge < -0.3 is 0 Å². The van der Waals surface area contributed by atoms with Gasteiger partial charge in [0.15, 0.2) is 9.84 Å². The zero-order valence-electron chi connectivity index (χ0n) is 10.9. The summed E-state index contributed by atoms with van der Waals surface area (Å²) in [5.74, 6) is -0.507. The van der Waals surface area contributed by atoms with E-state index < -0.39 is 25.1 Å². The van der Waals surface area contributed by atoms with Crippen molar-refractivity contribution < 1.29 is 16.8 Å². The van der Waals surface area contributed by atoms with Gasteiger partial charge in [-0.1, -0.05) is 24.3 Å². The van der Waals surface area contributed by atoms with E-state index in [2.05, 4.69) is 4.72 Å². The van der Waals surface area contributed by atoms with Gasteiger partial charge in [-0.15, -0.1) is 0 Å². The Morgan fingerprint density at radius 2 is 1.85 bits per heavy atom. The SMILES string of the molecule is O=S1(=O)CC(S(=O)(=O)NC2CCCc3ccccc32)C1. The summed E-state index contributed by atoms with van der Waals surface area (Å²) < 4.78 is 49.4. The molecule has 1 atom stereocenters. The summed E-state index contributed by atoms with van der Waals surface area (Å²) in [6, 6.07) is 7.59. The number of hydrogen-bond donors (Lipinski definition) is 1. The molecule has 0 amide bonds. The van der Waals surface area contributed by atoms with E-state index in [-0.39, 0.29) is 17.5 Å². The van der Waals surface area contributed by atoms with Crippen LogP contribution in [0.2, 0.25) is 0 Å². The number of benzene rings is 1. The van der Waals surface area contributed by atoms with Gasteiger partial charge in [0, 0.05) is 6.04 Å². The largest absolute Gasteiger partial charge is 0.229 e. The van der Waals surface area contributed by atoms with E-state index in [0.29, 0.717) is 0 Å². The lowest BCUT2D eigenvalue weighted by Gasteiger charge is -2.31. The Labute approximate surface area is 119 Å².